The molecule has 0 unspecified atom stereocenters. The molecule has 0 bridgehead atoms. The van der Waals surface area contributed by atoms with E-state index in [1.165, 1.54) is 20.3 Å². The first-order chi connectivity index (χ1) is 9.06. The number of benzene rings is 1. The summed E-state index contributed by atoms with van der Waals surface area (Å²) < 4.78 is 10.4. The summed E-state index contributed by atoms with van der Waals surface area (Å²) >= 11 is 5.99. The van der Waals surface area contributed by atoms with Crippen molar-refractivity contribution >= 4 is 17.6 Å². The minimum absolute atomic E-state index is 0.0176. The fraction of sp³-hybridized carbons (Fsp3) is 0.167. The van der Waals surface area contributed by atoms with Crippen LogP contribution in [0.3, 0.4) is 0 Å². The molecule has 0 spiro atoms. The van der Waals surface area contributed by atoms with Gasteiger partial charge in [-0.2, -0.15) is 5.10 Å². The Hall–Kier alpha value is -2.21. The van der Waals surface area contributed by atoms with Crippen molar-refractivity contribution in [1.82, 2.24) is 10.2 Å². The van der Waals surface area contributed by atoms with Gasteiger partial charge in [0, 0.05) is 16.7 Å². The fourth-order valence-electron chi connectivity index (χ4n) is 1.69. The monoisotopic (exact) mass is 282 g/mol. The van der Waals surface area contributed by atoms with Gasteiger partial charge in [0.15, 0.2) is 11.5 Å². The highest BCUT2D eigenvalue weighted by Crippen LogP contribution is 2.39. The molecule has 0 aliphatic heterocycles. The van der Waals surface area contributed by atoms with Gasteiger partial charge in [-0.15, -0.1) is 0 Å². The number of nitrogens with zero attached hydrogens (tertiary/aromatic N) is 1. The average molecular weight is 283 g/mol. The lowest BCUT2D eigenvalue weighted by molar-refractivity contribution is 0.0690. The molecule has 0 aliphatic carbocycles. The lowest BCUT2D eigenvalue weighted by atomic mass is 10.1. The third kappa shape index (κ3) is 2.48. The number of carbonyl (C=O) groups is 1. The van der Waals surface area contributed by atoms with E-state index >= 15 is 0 Å². The van der Waals surface area contributed by atoms with E-state index in [0.717, 1.165) is 0 Å². The van der Waals surface area contributed by atoms with E-state index in [9.17, 15) is 4.79 Å². The topological polar surface area (TPSA) is 84.4 Å². The van der Waals surface area contributed by atoms with Crippen LogP contribution in [0.2, 0.25) is 5.02 Å². The number of aromatic nitrogens is 2. The smallest absolute Gasteiger partial charge is 0.353 e. The Morgan fingerprint density at radius 2 is 2.05 bits per heavy atom. The number of H-pyrrole nitrogens is 1. The Balaban J connectivity index is 2.59. The Morgan fingerprint density at radius 1 is 1.32 bits per heavy atom. The maximum Gasteiger partial charge on any atom is 0.353 e. The van der Waals surface area contributed by atoms with Crippen molar-refractivity contribution in [3.05, 3.63) is 28.9 Å². The van der Waals surface area contributed by atoms with Crippen LogP contribution in [0.25, 0.3) is 11.3 Å². The van der Waals surface area contributed by atoms with Gasteiger partial charge in [-0.1, -0.05) is 11.6 Å². The van der Waals surface area contributed by atoms with Crippen LogP contribution in [0.5, 0.6) is 11.5 Å². The van der Waals surface area contributed by atoms with E-state index in [2.05, 4.69) is 10.2 Å². The Morgan fingerprint density at radius 3 is 2.58 bits per heavy atom. The average Bonchev–Trinajstić information content (AvgIpc) is 2.87. The first-order valence-electron chi connectivity index (χ1n) is 5.27. The van der Waals surface area contributed by atoms with Gasteiger partial charge >= 0.3 is 5.97 Å². The molecule has 0 radical (unpaired) electrons. The van der Waals surface area contributed by atoms with Gasteiger partial charge < -0.3 is 14.6 Å². The van der Waals surface area contributed by atoms with Crippen LogP contribution in [0.4, 0.5) is 0 Å². The molecule has 1 aromatic carbocycles. The van der Waals surface area contributed by atoms with E-state index in [0.29, 0.717) is 27.8 Å². The van der Waals surface area contributed by atoms with Crippen molar-refractivity contribution < 1.29 is 19.4 Å². The van der Waals surface area contributed by atoms with Crippen molar-refractivity contribution in [2.24, 2.45) is 0 Å². The van der Waals surface area contributed by atoms with Crippen LogP contribution < -0.4 is 9.47 Å². The molecule has 0 aliphatic rings. The van der Waals surface area contributed by atoms with E-state index in [-0.39, 0.29) is 5.69 Å². The van der Waals surface area contributed by atoms with Crippen LogP contribution in [-0.4, -0.2) is 35.5 Å². The van der Waals surface area contributed by atoms with Crippen LogP contribution in [0.15, 0.2) is 18.2 Å². The SMILES string of the molecule is COc1cc(Cl)cc(-c2cc(C(=O)O)[nH]n2)c1OC. The summed E-state index contributed by atoms with van der Waals surface area (Å²) in [5, 5.41) is 15.7. The third-order valence-electron chi connectivity index (χ3n) is 2.53. The minimum atomic E-state index is -1.09. The van der Waals surface area contributed by atoms with Gasteiger partial charge in [-0.3, -0.25) is 5.10 Å². The minimum Gasteiger partial charge on any atom is -0.493 e. The number of carboxylic acid groups (broad SMARTS) is 1. The maximum atomic E-state index is 10.8. The maximum absolute atomic E-state index is 10.8. The first-order valence-corrected chi connectivity index (χ1v) is 5.65. The molecule has 2 aromatic rings. The van der Waals surface area contributed by atoms with Crippen LogP contribution in [0, 0.1) is 0 Å². The van der Waals surface area contributed by atoms with Crippen LogP contribution >= 0.6 is 11.6 Å². The molecule has 1 aromatic heterocycles. The number of ether oxygens (including phenoxy) is 2. The molecule has 1 heterocycles. The summed E-state index contributed by atoms with van der Waals surface area (Å²) in [6, 6.07) is 4.63. The molecule has 7 heteroatoms. The molecular weight excluding hydrogens is 272 g/mol. The number of hydrogen-bond acceptors (Lipinski definition) is 4. The molecule has 2 rings (SSSR count). The van der Waals surface area contributed by atoms with Crippen molar-refractivity contribution in [3.63, 3.8) is 0 Å². The second-order valence-electron chi connectivity index (χ2n) is 3.66. The van der Waals surface area contributed by atoms with Crippen LogP contribution in [0.1, 0.15) is 10.5 Å². The summed E-state index contributed by atoms with van der Waals surface area (Å²) in [6.45, 7) is 0. The highest BCUT2D eigenvalue weighted by atomic mass is 35.5. The Labute approximate surface area is 113 Å². The molecule has 0 fully saturated rings. The lowest BCUT2D eigenvalue weighted by Crippen LogP contribution is -1.95. The standard InChI is InChI=1S/C12H11ClN2O4/c1-18-10-4-6(13)3-7(11(10)19-2)8-5-9(12(16)17)15-14-8/h3-5H,1-2H3,(H,14,15)(H,16,17). The fourth-order valence-corrected chi connectivity index (χ4v) is 1.90. The number of halogens is 1. The predicted molar refractivity (Wildman–Crippen MR) is 69.1 cm³/mol. The van der Waals surface area contributed by atoms with Gasteiger partial charge in [0.1, 0.15) is 5.69 Å². The second-order valence-corrected chi connectivity index (χ2v) is 4.10. The largest absolute Gasteiger partial charge is 0.493 e. The highest BCUT2D eigenvalue weighted by molar-refractivity contribution is 6.31. The normalized spacial score (nSPS) is 10.3. The van der Waals surface area contributed by atoms with Gasteiger partial charge in [0.25, 0.3) is 0 Å². The lowest BCUT2D eigenvalue weighted by Gasteiger charge is -2.11. The number of carboxylic acids is 1. The van der Waals surface area contributed by atoms with E-state index in [1.54, 1.807) is 12.1 Å². The predicted octanol–water partition coefficient (Wildman–Crippen LogP) is 2.45. The first kappa shape index (κ1) is 13.2. The molecule has 0 amide bonds. The number of rotatable bonds is 4. The van der Waals surface area contributed by atoms with Crippen LogP contribution in [-0.2, 0) is 0 Å². The number of hydrogen-bond donors (Lipinski definition) is 2. The summed E-state index contributed by atoms with van der Waals surface area (Å²) in [4.78, 5) is 10.8. The quantitative estimate of drug-likeness (QED) is 0.900. The summed E-state index contributed by atoms with van der Waals surface area (Å²) in [5.41, 5.74) is 0.946. The molecule has 100 valence electrons. The van der Waals surface area contributed by atoms with E-state index < -0.39 is 5.97 Å². The Bertz CT molecular complexity index is 624. The van der Waals surface area contributed by atoms with E-state index in [1.807, 2.05) is 0 Å². The molecule has 0 atom stereocenters. The third-order valence-corrected chi connectivity index (χ3v) is 2.75. The van der Waals surface area contributed by atoms with Crippen molar-refractivity contribution in [3.8, 4) is 22.8 Å². The summed E-state index contributed by atoms with van der Waals surface area (Å²) in [5.74, 6) is -0.202. The van der Waals surface area contributed by atoms with Gasteiger partial charge in [0.05, 0.1) is 19.9 Å². The summed E-state index contributed by atoms with van der Waals surface area (Å²) in [7, 11) is 2.98. The zero-order valence-electron chi connectivity index (χ0n) is 10.2. The van der Waals surface area contributed by atoms with E-state index in [4.69, 9.17) is 26.2 Å². The van der Waals surface area contributed by atoms with Gasteiger partial charge in [-0.05, 0) is 12.1 Å². The Kier molecular flexibility index (Phi) is 3.62. The van der Waals surface area contributed by atoms with Crippen molar-refractivity contribution in [2.45, 2.75) is 0 Å². The summed E-state index contributed by atoms with van der Waals surface area (Å²) in [6.07, 6.45) is 0. The molecule has 2 N–H and O–H groups in total. The number of aromatic carboxylic acids is 1. The molecule has 19 heavy (non-hydrogen) atoms. The van der Waals surface area contributed by atoms with Crippen molar-refractivity contribution in [2.75, 3.05) is 14.2 Å². The zero-order chi connectivity index (χ0) is 14.0. The van der Waals surface area contributed by atoms with Gasteiger partial charge in [0.2, 0.25) is 0 Å². The molecular formula is C12H11ClN2O4. The van der Waals surface area contributed by atoms with Crippen molar-refractivity contribution in [1.29, 1.82) is 0 Å². The highest BCUT2D eigenvalue weighted by Gasteiger charge is 2.17. The second kappa shape index (κ2) is 5.19. The number of methoxy groups -OCH3 is 2. The molecule has 0 saturated heterocycles. The zero-order valence-corrected chi connectivity index (χ0v) is 11.0. The molecule has 0 saturated carbocycles. The van der Waals surface area contributed by atoms with Gasteiger partial charge in [-0.25, -0.2) is 4.79 Å². The molecule has 6 nitrogen and oxygen atoms in total. The number of nitrogens with one attached hydrogen (secondary N) is 1. The number of aromatic amines is 1.